The maximum atomic E-state index is 11.9. The molecule has 7 nitrogen and oxygen atoms in total. The normalized spacial score (nSPS) is 11.3. The van der Waals surface area contributed by atoms with E-state index in [2.05, 4.69) is 27.5 Å². The maximum absolute atomic E-state index is 11.9. The first-order chi connectivity index (χ1) is 13.3. The number of aromatic nitrogens is 5. The Balaban J connectivity index is 1.57. The van der Waals surface area contributed by atoms with Gasteiger partial charge in [-0.1, -0.05) is 55.4 Å². The smallest absolute Gasteiger partial charge is 0.230 e. The molecule has 3 heterocycles. The van der Waals surface area contributed by atoms with Crippen molar-refractivity contribution >= 4 is 28.8 Å². The van der Waals surface area contributed by atoms with E-state index in [0.717, 1.165) is 41.8 Å². The summed E-state index contributed by atoms with van der Waals surface area (Å²) >= 11 is 1.38. The number of nitrogens with zero attached hydrogens (tertiary/aromatic N) is 5. The van der Waals surface area contributed by atoms with Gasteiger partial charge in [0.05, 0.1) is 11.4 Å². The van der Waals surface area contributed by atoms with E-state index in [-0.39, 0.29) is 5.91 Å². The fourth-order valence-electron chi connectivity index (χ4n) is 2.83. The average Bonchev–Trinajstić information content (AvgIpc) is 3.31. The van der Waals surface area contributed by atoms with Crippen LogP contribution in [0.4, 0.5) is 0 Å². The number of unbranched alkanes of at least 4 members (excludes halogenated alkanes) is 1. The standard InChI is InChI=1S/C19H20N6OS/c1-2-3-9-20-17(26)13-27-19-22-21-18-16-12-15(14-7-5-4-6-8-14)23-25(16)11-10-24(18)19/h4-8,10-12H,2-3,9,13H2,1H3,(H,20,26). The van der Waals surface area contributed by atoms with Gasteiger partial charge in [0, 0.05) is 24.5 Å². The van der Waals surface area contributed by atoms with Gasteiger partial charge >= 0.3 is 0 Å². The van der Waals surface area contributed by atoms with E-state index < -0.39 is 0 Å². The number of nitrogens with one attached hydrogen (secondary N) is 1. The number of benzene rings is 1. The Kier molecular flexibility index (Phi) is 5.06. The molecule has 0 saturated carbocycles. The van der Waals surface area contributed by atoms with E-state index >= 15 is 0 Å². The van der Waals surface area contributed by atoms with Gasteiger partial charge in [-0.15, -0.1) is 10.2 Å². The van der Waals surface area contributed by atoms with Crippen molar-refractivity contribution in [1.82, 2.24) is 29.5 Å². The van der Waals surface area contributed by atoms with Gasteiger partial charge in [0.15, 0.2) is 10.8 Å². The molecule has 0 fully saturated rings. The van der Waals surface area contributed by atoms with Crippen LogP contribution in [0.1, 0.15) is 19.8 Å². The molecule has 4 rings (SSSR count). The molecule has 8 heteroatoms. The lowest BCUT2D eigenvalue weighted by molar-refractivity contribution is -0.118. The molecule has 0 bridgehead atoms. The van der Waals surface area contributed by atoms with Crippen molar-refractivity contribution in [2.24, 2.45) is 0 Å². The summed E-state index contributed by atoms with van der Waals surface area (Å²) in [5.41, 5.74) is 3.54. The number of hydrogen-bond donors (Lipinski definition) is 1. The van der Waals surface area contributed by atoms with Crippen LogP contribution in [-0.2, 0) is 4.79 Å². The van der Waals surface area contributed by atoms with Gasteiger partial charge in [-0.05, 0) is 12.5 Å². The molecular weight excluding hydrogens is 360 g/mol. The van der Waals surface area contributed by atoms with Crippen molar-refractivity contribution in [3.05, 3.63) is 48.8 Å². The van der Waals surface area contributed by atoms with Crippen molar-refractivity contribution in [2.45, 2.75) is 24.9 Å². The lowest BCUT2D eigenvalue weighted by atomic mass is 10.1. The van der Waals surface area contributed by atoms with E-state index in [1.54, 1.807) is 4.52 Å². The predicted octanol–water partition coefficient (Wildman–Crippen LogP) is 3.05. The number of amides is 1. The number of carbonyl (C=O) groups excluding carboxylic acids is 1. The summed E-state index contributed by atoms with van der Waals surface area (Å²) in [6.45, 7) is 2.82. The van der Waals surface area contributed by atoms with Crippen molar-refractivity contribution in [2.75, 3.05) is 12.3 Å². The van der Waals surface area contributed by atoms with Crippen LogP contribution in [0.2, 0.25) is 0 Å². The highest BCUT2D eigenvalue weighted by Gasteiger charge is 2.13. The zero-order valence-corrected chi connectivity index (χ0v) is 15.8. The molecule has 138 valence electrons. The van der Waals surface area contributed by atoms with Crippen LogP contribution in [0.3, 0.4) is 0 Å². The van der Waals surface area contributed by atoms with Crippen LogP contribution < -0.4 is 5.32 Å². The third-order valence-corrected chi connectivity index (χ3v) is 5.18. The molecule has 0 aliphatic carbocycles. The summed E-state index contributed by atoms with van der Waals surface area (Å²) in [7, 11) is 0. The van der Waals surface area contributed by atoms with Crippen LogP contribution >= 0.6 is 11.8 Å². The fourth-order valence-corrected chi connectivity index (χ4v) is 3.57. The first-order valence-corrected chi connectivity index (χ1v) is 9.93. The summed E-state index contributed by atoms with van der Waals surface area (Å²) in [5.74, 6) is 0.339. The van der Waals surface area contributed by atoms with Crippen molar-refractivity contribution < 1.29 is 4.79 Å². The van der Waals surface area contributed by atoms with Gasteiger partial charge < -0.3 is 5.32 Å². The minimum atomic E-state index is 0.0157. The number of rotatable bonds is 7. The molecule has 0 aliphatic heterocycles. The molecule has 0 saturated heterocycles. The molecule has 3 aromatic heterocycles. The summed E-state index contributed by atoms with van der Waals surface area (Å²) in [6, 6.07) is 12.0. The van der Waals surface area contributed by atoms with E-state index in [4.69, 9.17) is 0 Å². The summed E-state index contributed by atoms with van der Waals surface area (Å²) in [4.78, 5) is 11.9. The minimum absolute atomic E-state index is 0.0157. The summed E-state index contributed by atoms with van der Waals surface area (Å²) in [6.07, 6.45) is 5.81. The van der Waals surface area contributed by atoms with Crippen LogP contribution in [0.25, 0.3) is 22.4 Å². The largest absolute Gasteiger partial charge is 0.355 e. The summed E-state index contributed by atoms with van der Waals surface area (Å²) < 4.78 is 3.70. The van der Waals surface area contributed by atoms with Gasteiger partial charge in [-0.25, -0.2) is 4.52 Å². The Hall–Kier alpha value is -2.87. The molecule has 0 spiro atoms. The minimum Gasteiger partial charge on any atom is -0.355 e. The molecule has 1 aromatic carbocycles. The Bertz CT molecular complexity index is 1070. The Morgan fingerprint density at radius 1 is 1.19 bits per heavy atom. The van der Waals surface area contributed by atoms with E-state index in [0.29, 0.717) is 10.9 Å². The number of hydrogen-bond acceptors (Lipinski definition) is 5. The monoisotopic (exact) mass is 380 g/mol. The lowest BCUT2D eigenvalue weighted by Crippen LogP contribution is -2.26. The first kappa shape index (κ1) is 17.5. The van der Waals surface area contributed by atoms with Crippen molar-refractivity contribution in [3.8, 4) is 11.3 Å². The Morgan fingerprint density at radius 3 is 2.85 bits per heavy atom. The average molecular weight is 380 g/mol. The second kappa shape index (κ2) is 7.79. The lowest BCUT2D eigenvalue weighted by Gasteiger charge is -2.03. The first-order valence-electron chi connectivity index (χ1n) is 8.94. The molecule has 0 radical (unpaired) electrons. The van der Waals surface area contributed by atoms with E-state index in [9.17, 15) is 4.79 Å². The van der Waals surface area contributed by atoms with Crippen LogP contribution in [0, 0.1) is 0 Å². The van der Waals surface area contributed by atoms with Gasteiger partial charge in [0.2, 0.25) is 5.91 Å². The fraction of sp³-hybridized carbons (Fsp3) is 0.263. The molecule has 4 aromatic rings. The third-order valence-electron chi connectivity index (χ3n) is 4.24. The molecule has 1 amide bonds. The second-order valence-electron chi connectivity index (χ2n) is 6.19. The molecule has 27 heavy (non-hydrogen) atoms. The zero-order valence-electron chi connectivity index (χ0n) is 15.0. The molecule has 0 atom stereocenters. The van der Waals surface area contributed by atoms with E-state index in [1.165, 1.54) is 11.8 Å². The third kappa shape index (κ3) is 3.66. The van der Waals surface area contributed by atoms with Crippen molar-refractivity contribution in [3.63, 3.8) is 0 Å². The van der Waals surface area contributed by atoms with Crippen LogP contribution in [-0.4, -0.2) is 42.4 Å². The SMILES string of the molecule is CCCCNC(=O)CSc1nnc2c3cc(-c4ccccc4)nn3ccn12. The van der Waals surface area contributed by atoms with Gasteiger partial charge in [0.1, 0.15) is 5.52 Å². The van der Waals surface area contributed by atoms with Crippen LogP contribution in [0.5, 0.6) is 0 Å². The number of carbonyl (C=O) groups is 1. The molecule has 1 N–H and O–H groups in total. The number of thioether (sulfide) groups is 1. The maximum Gasteiger partial charge on any atom is 0.230 e. The Labute approximate surface area is 160 Å². The molecule has 0 unspecified atom stereocenters. The van der Waals surface area contributed by atoms with Gasteiger partial charge in [-0.2, -0.15) is 5.10 Å². The predicted molar refractivity (Wildman–Crippen MR) is 106 cm³/mol. The van der Waals surface area contributed by atoms with Gasteiger partial charge in [0.25, 0.3) is 0 Å². The topological polar surface area (TPSA) is 76.6 Å². The quantitative estimate of drug-likeness (QED) is 0.394. The van der Waals surface area contributed by atoms with Crippen molar-refractivity contribution in [1.29, 1.82) is 0 Å². The highest BCUT2D eigenvalue weighted by Crippen LogP contribution is 2.23. The molecule has 0 aliphatic rings. The summed E-state index contributed by atoms with van der Waals surface area (Å²) in [5, 5.41) is 16.8. The molecular formula is C19H20N6OS. The van der Waals surface area contributed by atoms with Gasteiger partial charge in [-0.3, -0.25) is 9.20 Å². The second-order valence-corrected chi connectivity index (χ2v) is 7.13. The number of fused-ring (bicyclic) bond motifs is 3. The highest BCUT2D eigenvalue weighted by molar-refractivity contribution is 7.99. The Morgan fingerprint density at radius 2 is 2.04 bits per heavy atom. The van der Waals surface area contributed by atoms with Crippen LogP contribution in [0.15, 0.2) is 53.9 Å². The van der Waals surface area contributed by atoms with E-state index in [1.807, 2.05) is 53.2 Å². The zero-order chi connectivity index (χ0) is 18.6. The highest BCUT2D eigenvalue weighted by atomic mass is 32.2.